The molecule has 6 aromatic carbocycles. The number of ketones is 3. The van der Waals surface area contributed by atoms with Gasteiger partial charge in [-0.3, -0.25) is 53.1 Å². The Morgan fingerprint density at radius 3 is 1.13 bits per heavy atom. The molecule has 12 rings (SSSR count). The van der Waals surface area contributed by atoms with E-state index in [2.05, 4.69) is 147 Å². The van der Waals surface area contributed by atoms with Gasteiger partial charge in [-0.15, -0.1) is 0 Å². The molecule has 4 N–H and O–H groups in total. The summed E-state index contributed by atoms with van der Waals surface area (Å²) in [6.45, 7) is 30.9. The smallest absolute Gasteiger partial charge is 0.307 e. The number of aryl methyl sites for hydroxylation is 3. The molecule has 18 nitrogen and oxygen atoms in total. The van der Waals surface area contributed by atoms with Crippen LogP contribution in [0.15, 0.2) is 164 Å². The molecule has 0 unspecified atom stereocenters. The molecule has 0 bridgehead atoms. The number of nitrogens with two attached hydrogens (primary N) is 1. The van der Waals surface area contributed by atoms with E-state index in [0.717, 1.165) is 97.2 Å². The molecule has 3 heterocycles. The Labute approximate surface area is 680 Å². The fraction of sp³-hybridized carbons (Fsp3) is 0.542. The quantitative estimate of drug-likeness (QED) is 0.0453. The predicted molar refractivity (Wildman–Crippen MR) is 451 cm³/mol. The molecular weight excluding hydrogens is 1430 g/mol. The van der Waals surface area contributed by atoms with Crippen LogP contribution in [0, 0.1) is 29.6 Å². The van der Waals surface area contributed by atoms with E-state index in [1.807, 2.05) is 84.9 Å². The van der Waals surface area contributed by atoms with Crippen LogP contribution in [-0.2, 0) is 86.7 Å². The second-order valence-corrected chi connectivity index (χ2v) is 35.5. The van der Waals surface area contributed by atoms with Gasteiger partial charge in [0.25, 0.3) is 0 Å². The Hall–Kier alpha value is -8.52. The number of nitrogens with one attached hydrogen (secondary N) is 1. The number of Topliss-reactive ketones (excluding diaryl/α,β-unsaturated/α-hetero) is 3. The van der Waals surface area contributed by atoms with E-state index in [1.54, 1.807) is 44.4 Å². The molecular formula is C96H131N7O11. The molecule has 114 heavy (non-hydrogen) atoms. The summed E-state index contributed by atoms with van der Waals surface area (Å²) < 4.78 is 10.6. The third-order valence-corrected chi connectivity index (χ3v) is 23.3. The Morgan fingerprint density at radius 2 is 0.772 bits per heavy atom. The Morgan fingerprint density at radius 1 is 0.430 bits per heavy atom. The van der Waals surface area contributed by atoms with Crippen molar-refractivity contribution in [3.63, 3.8) is 0 Å². The maximum atomic E-state index is 14.1. The highest BCUT2D eigenvalue weighted by Crippen LogP contribution is 2.39. The number of hydrogen-bond acceptors (Lipinski definition) is 15. The van der Waals surface area contributed by atoms with Crippen molar-refractivity contribution in [2.45, 2.75) is 246 Å². The van der Waals surface area contributed by atoms with Crippen molar-refractivity contribution in [1.29, 1.82) is 0 Å². The monoisotopic (exact) mass is 1560 g/mol. The molecule has 6 aromatic rings. The lowest BCUT2D eigenvalue weighted by Crippen LogP contribution is -2.61. The van der Waals surface area contributed by atoms with E-state index < -0.39 is 53.1 Å². The van der Waals surface area contributed by atoms with Crippen LogP contribution < -0.4 is 11.1 Å². The van der Waals surface area contributed by atoms with Gasteiger partial charge >= 0.3 is 17.9 Å². The standard InChI is InChI=1S/C34H46N2O4.C28H37N3O2.C23H28N2O.C11H20O4/c1-24(2)29(21-32(38)40-34(3,4)5)33(39)36-19-18-35(22-25-12-7-6-8-13-25)23-30(36)31(37)20-27-16-11-15-26-14-9-10-17-28(26)27;1-20(2)27(29)28(33)31-16-15-30(18-21-9-4-3-5-10-21)19-25(31)26(32)17-23-13-8-12-22-11-6-7-14-24(22)23;26-23(15-20-11-6-10-19-9-4-5-12-21(19)20)22-17-25(14-13-24-22)16-18-7-2-1-3-8-18;1-7(2)8(10(13)14)6-9(12)15-11(3,4)5/h6-10,12-14,17,24,27,29-30H,11,15-16,18-23H2,1-5H3;3-7,9-11,14,20,23,25,27H,8,12-13,15-19,29H2,1-2H3;1-5,7-9,12,20,22,24H,6,10-11,13-17H2;7-8H,6H2,1-5H3,(H,13,14)/t27-,29-,30-;23-,25-,27-;20-,22-;8-/m0000/s1. The number of carboxylic acid groups (broad SMARTS) is 1. The lowest BCUT2D eigenvalue weighted by molar-refractivity contribution is -0.161. The number of nitrogens with zero attached hydrogens (tertiary/aromatic N) is 5. The SMILES string of the molecule is CC(C)[C@H](CC(=O)OC(C)(C)C)C(=O)N1CCN(Cc2ccccc2)C[C@H]1C(=O)C[C@@H]1CCCc2ccccc21.CC(C)[C@H](CC(=O)OC(C)(C)C)C(=O)O.CC(C)[C@H](N)C(=O)N1CCN(Cc2ccccc2)C[C@H]1C(=O)C[C@@H]1CCCc2ccccc21.O=C(C[C@@H]1CCCc2ccccc21)[C@@H]1CN(Cc2ccccc2)CCN1. The molecule has 3 fully saturated rings. The fourth-order valence-electron chi connectivity index (χ4n) is 17.1. The molecule has 6 aliphatic rings. The zero-order valence-electron chi connectivity index (χ0n) is 70.2. The number of carboxylic acids is 1. The van der Waals surface area contributed by atoms with E-state index in [0.29, 0.717) is 63.7 Å². The molecule has 0 aromatic heterocycles. The van der Waals surface area contributed by atoms with Crippen LogP contribution in [0.3, 0.4) is 0 Å². The van der Waals surface area contributed by atoms with E-state index in [-0.39, 0.29) is 77.8 Å². The zero-order chi connectivity index (χ0) is 82.2. The van der Waals surface area contributed by atoms with Crippen molar-refractivity contribution in [3.8, 4) is 0 Å². The van der Waals surface area contributed by atoms with Gasteiger partial charge in [-0.25, -0.2) is 0 Å². The van der Waals surface area contributed by atoms with E-state index in [9.17, 15) is 38.4 Å². The van der Waals surface area contributed by atoms with E-state index in [4.69, 9.17) is 20.3 Å². The molecule has 0 radical (unpaired) electrons. The fourth-order valence-corrected chi connectivity index (χ4v) is 17.1. The Balaban J connectivity index is 0.000000183. The highest BCUT2D eigenvalue weighted by atomic mass is 16.6. The van der Waals surface area contributed by atoms with Crippen LogP contribution in [0.25, 0.3) is 0 Å². The van der Waals surface area contributed by atoms with Gasteiger partial charge < -0.3 is 35.4 Å². The first-order valence-electron chi connectivity index (χ1n) is 42.2. The predicted octanol–water partition coefficient (Wildman–Crippen LogP) is 15.2. The summed E-state index contributed by atoms with van der Waals surface area (Å²) in [5, 5.41) is 12.3. The number of carbonyl (C=O) groups excluding carboxylic acids is 7. The highest BCUT2D eigenvalue weighted by molar-refractivity contribution is 5.93. The lowest BCUT2D eigenvalue weighted by Gasteiger charge is -2.43. The number of amides is 2. The maximum absolute atomic E-state index is 14.1. The van der Waals surface area contributed by atoms with Gasteiger partial charge in [-0.05, 0) is 185 Å². The minimum Gasteiger partial charge on any atom is -0.481 e. The molecule has 0 spiro atoms. The lowest BCUT2D eigenvalue weighted by atomic mass is 9.79. The number of carbonyl (C=O) groups is 8. The number of hydrogen-bond donors (Lipinski definition) is 3. The van der Waals surface area contributed by atoms with Gasteiger partial charge in [0.05, 0.1) is 36.8 Å². The van der Waals surface area contributed by atoms with Gasteiger partial charge in [0.2, 0.25) is 11.8 Å². The molecule has 2 amide bonds. The van der Waals surface area contributed by atoms with E-state index in [1.165, 1.54) is 56.5 Å². The second kappa shape index (κ2) is 42.9. The minimum absolute atomic E-state index is 0.0227. The van der Waals surface area contributed by atoms with Crippen LogP contribution in [0.1, 0.15) is 222 Å². The summed E-state index contributed by atoms with van der Waals surface area (Å²) in [6, 6.07) is 55.2. The van der Waals surface area contributed by atoms with Crippen LogP contribution in [0.4, 0.5) is 0 Å². The summed E-state index contributed by atoms with van der Waals surface area (Å²) in [5.41, 5.74) is 17.0. The van der Waals surface area contributed by atoms with Crippen molar-refractivity contribution >= 4 is 47.1 Å². The molecule has 9 atom stereocenters. The third-order valence-electron chi connectivity index (χ3n) is 23.3. The van der Waals surface area contributed by atoms with Gasteiger partial charge in [0.1, 0.15) is 23.3 Å². The maximum Gasteiger partial charge on any atom is 0.307 e. The van der Waals surface area contributed by atoms with Crippen molar-refractivity contribution in [2.24, 2.45) is 35.3 Å². The first kappa shape index (κ1) is 89.4. The topological polar surface area (TPSA) is 230 Å². The van der Waals surface area contributed by atoms with Crippen molar-refractivity contribution in [2.75, 3.05) is 58.9 Å². The normalized spacial score (nSPS) is 20.8. The van der Waals surface area contributed by atoms with Gasteiger partial charge in [0, 0.05) is 97.8 Å². The summed E-state index contributed by atoms with van der Waals surface area (Å²) >= 11 is 0. The van der Waals surface area contributed by atoms with Crippen molar-refractivity contribution < 1.29 is 52.9 Å². The van der Waals surface area contributed by atoms with Gasteiger partial charge in [-0.2, -0.15) is 0 Å². The average Bonchev–Trinajstić information content (AvgIpc) is 0.798. The number of rotatable bonds is 25. The summed E-state index contributed by atoms with van der Waals surface area (Å²) in [5.74, 6) is -1.77. The van der Waals surface area contributed by atoms with Crippen LogP contribution in [0.5, 0.6) is 0 Å². The number of piperazine rings is 3. The van der Waals surface area contributed by atoms with Gasteiger partial charge in [-0.1, -0.05) is 205 Å². The van der Waals surface area contributed by atoms with Crippen LogP contribution in [-0.4, -0.2) is 171 Å². The molecule has 3 aliphatic carbocycles. The Bertz CT molecular complexity index is 4100. The minimum atomic E-state index is -0.948. The first-order valence-corrected chi connectivity index (χ1v) is 42.2. The third kappa shape index (κ3) is 27.0. The van der Waals surface area contributed by atoms with Crippen molar-refractivity contribution in [1.82, 2.24) is 29.8 Å². The van der Waals surface area contributed by atoms with Crippen LogP contribution >= 0.6 is 0 Å². The molecule has 3 aliphatic heterocycles. The Kier molecular flexibility index (Phi) is 33.7. The second-order valence-electron chi connectivity index (χ2n) is 35.5. The summed E-state index contributed by atoms with van der Waals surface area (Å²) in [7, 11) is 0. The van der Waals surface area contributed by atoms with Crippen molar-refractivity contribution in [3.05, 3.63) is 214 Å². The molecule has 0 saturated carbocycles. The summed E-state index contributed by atoms with van der Waals surface area (Å²) in [4.78, 5) is 114. The first-order chi connectivity index (χ1) is 54.4. The largest absolute Gasteiger partial charge is 0.481 e. The molecule has 3 saturated heterocycles. The summed E-state index contributed by atoms with van der Waals surface area (Å²) in [6.07, 6.45) is 11.4. The zero-order valence-corrected chi connectivity index (χ0v) is 70.2. The van der Waals surface area contributed by atoms with Crippen LogP contribution in [0.2, 0.25) is 0 Å². The number of ether oxygens (including phenoxy) is 2. The highest BCUT2D eigenvalue weighted by Gasteiger charge is 2.43. The molecule has 616 valence electrons. The molecule has 18 heteroatoms. The number of aliphatic carboxylic acids is 1. The number of benzene rings is 6. The average molecular weight is 1560 g/mol. The van der Waals surface area contributed by atoms with Gasteiger partial charge in [0.15, 0.2) is 17.3 Å². The number of esters is 2. The van der Waals surface area contributed by atoms with E-state index >= 15 is 0 Å². The number of fused-ring (bicyclic) bond motifs is 3.